The van der Waals surface area contributed by atoms with Gasteiger partial charge in [0.1, 0.15) is 11.5 Å². The summed E-state index contributed by atoms with van der Waals surface area (Å²) in [5.74, 6) is 1.66. The number of benzene rings is 1. The molecule has 2 heterocycles. The number of carbonyl (C=O) groups is 1. The molecule has 6 heteroatoms. The van der Waals surface area contributed by atoms with Gasteiger partial charge >= 0.3 is 0 Å². The Balaban J connectivity index is 1.47. The Morgan fingerprint density at radius 3 is 2.62 bits per heavy atom. The molecular weight excluding hydrogens is 332 g/mol. The van der Waals surface area contributed by atoms with E-state index in [0.717, 1.165) is 12.3 Å². The molecule has 0 spiro atoms. The van der Waals surface area contributed by atoms with Crippen LogP contribution in [0, 0.1) is 0 Å². The van der Waals surface area contributed by atoms with Crippen LogP contribution in [0.15, 0.2) is 47.1 Å². The molecule has 1 aliphatic heterocycles. The monoisotopic (exact) mass is 358 g/mol. The third-order valence-corrected chi connectivity index (χ3v) is 4.70. The lowest BCUT2D eigenvalue weighted by molar-refractivity contribution is -0.137. The Bertz CT molecular complexity index is 678. The molecule has 0 unspecified atom stereocenters. The number of amides is 1. The van der Waals surface area contributed by atoms with E-state index in [-0.39, 0.29) is 18.6 Å². The van der Waals surface area contributed by atoms with Crippen molar-refractivity contribution < 1.29 is 18.7 Å². The molecule has 26 heavy (non-hydrogen) atoms. The van der Waals surface area contributed by atoms with E-state index >= 15 is 0 Å². The van der Waals surface area contributed by atoms with Gasteiger partial charge in [-0.25, -0.2) is 0 Å². The van der Waals surface area contributed by atoms with Crippen LogP contribution in [-0.4, -0.2) is 55.7 Å². The van der Waals surface area contributed by atoms with Crippen LogP contribution in [0.4, 0.5) is 0 Å². The van der Waals surface area contributed by atoms with E-state index in [9.17, 15) is 4.79 Å². The second-order valence-corrected chi connectivity index (χ2v) is 6.53. The number of morpholine rings is 1. The minimum atomic E-state index is 0.00406. The maximum absolute atomic E-state index is 12.1. The van der Waals surface area contributed by atoms with Crippen LogP contribution in [0.25, 0.3) is 0 Å². The molecule has 0 aliphatic carbocycles. The summed E-state index contributed by atoms with van der Waals surface area (Å²) in [4.78, 5) is 16.1. The minimum absolute atomic E-state index is 0.00406. The number of nitrogens with zero attached hydrogens (tertiary/aromatic N) is 2. The summed E-state index contributed by atoms with van der Waals surface area (Å²) in [5.41, 5.74) is 1.18. The first-order chi connectivity index (χ1) is 12.6. The highest BCUT2D eigenvalue weighted by Gasteiger charge is 2.17. The molecule has 0 bridgehead atoms. The van der Waals surface area contributed by atoms with Gasteiger partial charge in [-0.05, 0) is 43.8 Å². The zero-order valence-corrected chi connectivity index (χ0v) is 15.4. The first-order valence-electron chi connectivity index (χ1n) is 8.94. The van der Waals surface area contributed by atoms with Crippen LogP contribution < -0.4 is 4.74 Å². The Morgan fingerprint density at radius 1 is 1.23 bits per heavy atom. The highest BCUT2D eigenvalue weighted by molar-refractivity contribution is 5.77. The molecule has 0 radical (unpaired) electrons. The lowest BCUT2D eigenvalue weighted by Crippen LogP contribution is -2.42. The van der Waals surface area contributed by atoms with E-state index in [4.69, 9.17) is 13.9 Å². The van der Waals surface area contributed by atoms with Crippen LogP contribution in [-0.2, 0) is 16.1 Å². The van der Waals surface area contributed by atoms with Gasteiger partial charge in [-0.3, -0.25) is 9.69 Å². The Labute approximate surface area is 154 Å². The number of hydrogen-bond donors (Lipinski definition) is 0. The molecule has 1 fully saturated rings. The molecule has 1 aromatic heterocycles. The van der Waals surface area contributed by atoms with Crippen molar-refractivity contribution in [2.75, 3.05) is 40.0 Å². The SMILES string of the molecule is C[C@H](c1ccco1)N(C)Cc1ccc(OCC(=O)N2CCOCC2)cc1. The molecule has 0 N–H and O–H groups in total. The van der Waals surface area contributed by atoms with E-state index in [2.05, 4.69) is 18.9 Å². The summed E-state index contributed by atoms with van der Waals surface area (Å²) < 4.78 is 16.4. The fraction of sp³-hybridized carbons (Fsp3) is 0.450. The van der Waals surface area contributed by atoms with Crippen molar-refractivity contribution >= 4 is 5.91 Å². The molecule has 6 nitrogen and oxygen atoms in total. The van der Waals surface area contributed by atoms with Gasteiger partial charge in [-0.1, -0.05) is 12.1 Å². The summed E-state index contributed by atoms with van der Waals surface area (Å²) in [6.45, 7) is 5.47. The maximum atomic E-state index is 12.1. The van der Waals surface area contributed by atoms with Crippen molar-refractivity contribution in [3.8, 4) is 5.75 Å². The van der Waals surface area contributed by atoms with Gasteiger partial charge in [-0.15, -0.1) is 0 Å². The van der Waals surface area contributed by atoms with E-state index in [1.54, 1.807) is 11.2 Å². The average molecular weight is 358 g/mol. The molecule has 2 aromatic rings. The van der Waals surface area contributed by atoms with Gasteiger partial charge in [0.05, 0.1) is 25.5 Å². The van der Waals surface area contributed by atoms with Crippen molar-refractivity contribution in [1.82, 2.24) is 9.80 Å². The topological polar surface area (TPSA) is 55.2 Å². The lowest BCUT2D eigenvalue weighted by atomic mass is 10.1. The molecule has 3 rings (SSSR count). The van der Waals surface area contributed by atoms with Crippen molar-refractivity contribution in [2.24, 2.45) is 0 Å². The average Bonchev–Trinajstić information content (AvgIpc) is 3.22. The Morgan fingerprint density at radius 2 is 1.96 bits per heavy atom. The van der Waals surface area contributed by atoms with Gasteiger partial charge in [-0.2, -0.15) is 0 Å². The quantitative estimate of drug-likeness (QED) is 0.762. The summed E-state index contributed by atoms with van der Waals surface area (Å²) in [6.07, 6.45) is 1.70. The standard InChI is InChI=1S/C20H26N2O4/c1-16(19-4-3-11-25-19)21(2)14-17-5-7-18(8-6-17)26-15-20(23)22-9-12-24-13-10-22/h3-8,11,16H,9-10,12-15H2,1-2H3/t16-/m1/s1. The summed E-state index contributed by atoms with van der Waals surface area (Å²) in [7, 11) is 2.07. The highest BCUT2D eigenvalue weighted by atomic mass is 16.5. The molecular formula is C20H26N2O4. The fourth-order valence-electron chi connectivity index (χ4n) is 2.91. The maximum Gasteiger partial charge on any atom is 0.260 e. The molecule has 140 valence electrons. The third kappa shape index (κ3) is 4.86. The Kier molecular flexibility index (Phi) is 6.30. The van der Waals surface area contributed by atoms with Gasteiger partial charge in [0.25, 0.3) is 5.91 Å². The van der Waals surface area contributed by atoms with Gasteiger partial charge < -0.3 is 18.8 Å². The second-order valence-electron chi connectivity index (χ2n) is 6.53. The zero-order valence-electron chi connectivity index (χ0n) is 15.4. The number of furan rings is 1. The van der Waals surface area contributed by atoms with Crippen molar-refractivity contribution in [3.63, 3.8) is 0 Å². The Hall–Kier alpha value is -2.31. The number of ether oxygens (including phenoxy) is 2. The van der Waals surface area contributed by atoms with E-state index in [0.29, 0.717) is 32.1 Å². The molecule has 1 atom stereocenters. The number of hydrogen-bond acceptors (Lipinski definition) is 5. The van der Waals surface area contributed by atoms with Gasteiger partial charge in [0, 0.05) is 19.6 Å². The zero-order chi connectivity index (χ0) is 18.4. The molecule has 1 saturated heterocycles. The van der Waals surface area contributed by atoms with Crippen LogP contribution in [0.1, 0.15) is 24.3 Å². The fourth-order valence-corrected chi connectivity index (χ4v) is 2.91. The van der Waals surface area contributed by atoms with Gasteiger partial charge in [0.15, 0.2) is 6.61 Å². The molecule has 0 saturated carbocycles. The third-order valence-electron chi connectivity index (χ3n) is 4.70. The first kappa shape index (κ1) is 18.5. The van der Waals surface area contributed by atoms with Crippen LogP contribution in [0.5, 0.6) is 5.75 Å². The molecule has 1 aromatic carbocycles. The van der Waals surface area contributed by atoms with Crippen molar-refractivity contribution in [3.05, 3.63) is 54.0 Å². The lowest BCUT2D eigenvalue weighted by Gasteiger charge is -2.26. The number of carbonyl (C=O) groups excluding carboxylic acids is 1. The predicted molar refractivity (Wildman–Crippen MR) is 97.9 cm³/mol. The van der Waals surface area contributed by atoms with Crippen LogP contribution in [0.3, 0.4) is 0 Å². The highest BCUT2D eigenvalue weighted by Crippen LogP contribution is 2.22. The minimum Gasteiger partial charge on any atom is -0.484 e. The van der Waals surface area contributed by atoms with E-state index in [1.807, 2.05) is 36.4 Å². The smallest absolute Gasteiger partial charge is 0.260 e. The molecule has 1 amide bonds. The molecule has 1 aliphatic rings. The predicted octanol–water partition coefficient (Wildman–Crippen LogP) is 2.71. The first-order valence-corrected chi connectivity index (χ1v) is 8.94. The normalized spacial score (nSPS) is 15.9. The summed E-state index contributed by atoms with van der Waals surface area (Å²) >= 11 is 0. The summed E-state index contributed by atoms with van der Waals surface area (Å²) in [6, 6.07) is 12.0. The van der Waals surface area contributed by atoms with Crippen molar-refractivity contribution in [1.29, 1.82) is 0 Å². The van der Waals surface area contributed by atoms with E-state index in [1.165, 1.54) is 5.56 Å². The van der Waals surface area contributed by atoms with Crippen molar-refractivity contribution in [2.45, 2.75) is 19.5 Å². The largest absolute Gasteiger partial charge is 0.484 e. The summed E-state index contributed by atoms with van der Waals surface area (Å²) in [5, 5.41) is 0. The van der Waals surface area contributed by atoms with Gasteiger partial charge in [0.2, 0.25) is 0 Å². The second kappa shape index (κ2) is 8.87. The van der Waals surface area contributed by atoms with Crippen LogP contribution in [0.2, 0.25) is 0 Å². The van der Waals surface area contributed by atoms with E-state index < -0.39 is 0 Å². The number of rotatable bonds is 7. The van der Waals surface area contributed by atoms with Crippen LogP contribution >= 0.6 is 0 Å².